The summed E-state index contributed by atoms with van der Waals surface area (Å²) in [5, 5.41) is 4.69. The van der Waals surface area contributed by atoms with Crippen LogP contribution in [0.4, 0.5) is 0 Å². The van der Waals surface area contributed by atoms with E-state index in [4.69, 9.17) is 19.9 Å². The summed E-state index contributed by atoms with van der Waals surface area (Å²) in [5.41, 5.74) is 13.4. The lowest BCUT2D eigenvalue weighted by molar-refractivity contribution is 0.795. The van der Waals surface area contributed by atoms with E-state index < -0.39 is 5.41 Å². The van der Waals surface area contributed by atoms with Crippen LogP contribution in [0.3, 0.4) is 0 Å². The van der Waals surface area contributed by atoms with Gasteiger partial charge in [-0.05, 0) is 55.8 Å². The molecule has 2 aliphatic carbocycles. The highest BCUT2D eigenvalue weighted by molar-refractivity contribution is 6.27. The van der Waals surface area contributed by atoms with Gasteiger partial charge in [0.15, 0.2) is 11.6 Å². The smallest absolute Gasteiger partial charge is 0.238 e. The van der Waals surface area contributed by atoms with Gasteiger partial charge in [-0.2, -0.15) is 9.97 Å². The molecule has 0 saturated carbocycles. The van der Waals surface area contributed by atoms with Crippen molar-refractivity contribution in [2.24, 2.45) is 0 Å². The zero-order chi connectivity index (χ0) is 35.4. The highest BCUT2D eigenvalue weighted by Gasteiger charge is 2.53. The average Bonchev–Trinajstić information content (AvgIpc) is 3.87. The molecule has 3 heterocycles. The summed E-state index contributed by atoms with van der Waals surface area (Å²) in [6.07, 6.45) is 3.87. The number of rotatable bonds is 3. The number of hydrogen-bond acceptors (Lipinski definition) is 4. The Balaban J connectivity index is 1.34. The zero-order valence-corrected chi connectivity index (χ0v) is 29.0. The minimum absolute atomic E-state index is 0.555. The summed E-state index contributed by atoms with van der Waals surface area (Å²) >= 11 is 0. The van der Waals surface area contributed by atoms with Crippen molar-refractivity contribution >= 4 is 32.6 Å². The van der Waals surface area contributed by atoms with E-state index in [-0.39, 0.29) is 0 Å². The molecule has 3 aromatic heterocycles. The Bertz CT molecular complexity index is 3060. The highest BCUT2D eigenvalue weighted by Crippen LogP contribution is 2.65. The van der Waals surface area contributed by atoms with Crippen molar-refractivity contribution in [1.29, 1.82) is 0 Å². The second kappa shape index (κ2) is 10.9. The lowest BCUT2D eigenvalue weighted by atomic mass is 9.70. The zero-order valence-electron chi connectivity index (χ0n) is 29.0. The third-order valence-corrected chi connectivity index (χ3v) is 11.5. The largest absolute Gasteiger partial charge is 0.276 e. The summed E-state index contributed by atoms with van der Waals surface area (Å²) in [6, 6.07) is 58.4. The van der Waals surface area contributed by atoms with Crippen LogP contribution >= 0.6 is 0 Å². The van der Waals surface area contributed by atoms with Gasteiger partial charge in [-0.1, -0.05) is 158 Å². The molecule has 0 N–H and O–H groups in total. The molecule has 0 unspecified atom stereocenters. The molecule has 12 rings (SSSR count). The van der Waals surface area contributed by atoms with Gasteiger partial charge in [0.25, 0.3) is 0 Å². The molecule has 0 fully saturated rings. The molecule has 10 aromatic rings. The van der Waals surface area contributed by atoms with Crippen molar-refractivity contribution in [3.8, 4) is 51.0 Å². The maximum Gasteiger partial charge on any atom is 0.238 e. The quantitative estimate of drug-likeness (QED) is 0.186. The Labute approximate surface area is 310 Å². The fourth-order valence-corrected chi connectivity index (χ4v) is 9.52. The van der Waals surface area contributed by atoms with Gasteiger partial charge in [-0.25, -0.2) is 4.98 Å². The summed E-state index contributed by atoms with van der Waals surface area (Å²) in [6.45, 7) is 0. The SMILES string of the molecule is c1ccc(-c2nc(-c3ccccc3)nc(-n3c4cnccc4c4c5ccccc5c5c(c43)C3(c4ccccc4-c4ccccc43)c3ccccc3-5)n2)cc1. The second-order valence-corrected chi connectivity index (χ2v) is 14.1. The van der Waals surface area contributed by atoms with Crippen LogP contribution in [0.5, 0.6) is 0 Å². The standard InChI is InChI=1S/C49H29N5/c1-3-15-30(16-4-1)46-51-47(31-17-5-2-6-18-31)53-48(52-46)54-41-29-50-28-27-37(41)43-35-22-8-7-21-34(35)42-36-23-11-14-26-40(36)49(44(42)45(43)54)38-24-12-9-19-32(38)33-20-10-13-25-39(33)49/h1-29H. The van der Waals surface area contributed by atoms with Crippen LogP contribution in [0.1, 0.15) is 22.3 Å². The molecule has 1 spiro atoms. The van der Waals surface area contributed by atoms with Crippen molar-refractivity contribution in [2.75, 3.05) is 0 Å². The molecular weight excluding hydrogens is 659 g/mol. The van der Waals surface area contributed by atoms with Crippen molar-refractivity contribution in [3.63, 3.8) is 0 Å². The van der Waals surface area contributed by atoms with E-state index >= 15 is 0 Å². The Morgan fingerprint density at radius 2 is 0.963 bits per heavy atom. The van der Waals surface area contributed by atoms with Crippen molar-refractivity contribution in [2.45, 2.75) is 5.41 Å². The second-order valence-electron chi connectivity index (χ2n) is 14.1. The first-order valence-corrected chi connectivity index (χ1v) is 18.3. The van der Waals surface area contributed by atoms with Crippen molar-refractivity contribution in [3.05, 3.63) is 198 Å². The Kier molecular flexibility index (Phi) is 5.92. The molecule has 7 aromatic carbocycles. The third kappa shape index (κ3) is 3.72. The molecule has 250 valence electrons. The number of hydrogen-bond donors (Lipinski definition) is 0. The minimum Gasteiger partial charge on any atom is -0.276 e. The number of fused-ring (bicyclic) bond motifs is 17. The van der Waals surface area contributed by atoms with E-state index in [9.17, 15) is 0 Å². The topological polar surface area (TPSA) is 56.5 Å². The van der Waals surface area contributed by atoms with Gasteiger partial charge in [0.05, 0.1) is 22.6 Å². The van der Waals surface area contributed by atoms with Crippen LogP contribution in [-0.4, -0.2) is 24.5 Å². The summed E-state index contributed by atoms with van der Waals surface area (Å²) in [7, 11) is 0. The van der Waals surface area contributed by atoms with E-state index in [1.54, 1.807) is 0 Å². The summed E-state index contributed by atoms with van der Waals surface area (Å²) < 4.78 is 2.28. The fraction of sp³-hybridized carbons (Fsp3) is 0.0204. The van der Waals surface area contributed by atoms with Gasteiger partial charge in [-0.3, -0.25) is 9.55 Å². The molecule has 0 aliphatic heterocycles. The number of benzene rings is 7. The molecule has 0 bridgehead atoms. The van der Waals surface area contributed by atoms with Gasteiger partial charge < -0.3 is 0 Å². The fourth-order valence-electron chi connectivity index (χ4n) is 9.52. The number of pyridine rings is 1. The molecule has 2 aliphatic rings. The molecule has 0 saturated heterocycles. The normalized spacial score (nSPS) is 13.3. The maximum absolute atomic E-state index is 5.34. The molecule has 54 heavy (non-hydrogen) atoms. The van der Waals surface area contributed by atoms with Gasteiger partial charge in [0.1, 0.15) is 0 Å². The Hall–Kier alpha value is -7.24. The van der Waals surface area contributed by atoms with Gasteiger partial charge in [0.2, 0.25) is 5.95 Å². The summed E-state index contributed by atoms with van der Waals surface area (Å²) in [5.74, 6) is 1.79. The van der Waals surface area contributed by atoms with Crippen LogP contribution in [0, 0.1) is 0 Å². The molecule has 0 atom stereocenters. The van der Waals surface area contributed by atoms with Crippen LogP contribution < -0.4 is 0 Å². The average molecular weight is 688 g/mol. The number of nitrogens with zero attached hydrogens (tertiary/aromatic N) is 5. The van der Waals surface area contributed by atoms with Gasteiger partial charge in [0, 0.05) is 33.7 Å². The lowest BCUT2D eigenvalue weighted by Gasteiger charge is -2.31. The maximum atomic E-state index is 5.34. The van der Waals surface area contributed by atoms with Crippen LogP contribution in [0.2, 0.25) is 0 Å². The highest BCUT2D eigenvalue weighted by atomic mass is 15.2. The molecule has 5 heteroatoms. The first-order chi connectivity index (χ1) is 26.8. The molecular formula is C49H29N5. The van der Waals surface area contributed by atoms with Crippen molar-refractivity contribution in [1.82, 2.24) is 24.5 Å². The summed E-state index contributed by atoms with van der Waals surface area (Å²) in [4.78, 5) is 20.5. The van der Waals surface area contributed by atoms with E-state index in [1.807, 2.05) is 48.8 Å². The lowest BCUT2D eigenvalue weighted by Crippen LogP contribution is -2.27. The molecule has 0 radical (unpaired) electrons. The minimum atomic E-state index is -0.599. The van der Waals surface area contributed by atoms with Crippen LogP contribution in [-0.2, 0) is 5.41 Å². The third-order valence-electron chi connectivity index (χ3n) is 11.5. The van der Waals surface area contributed by atoms with E-state index in [0.29, 0.717) is 17.6 Å². The first kappa shape index (κ1) is 29.3. The van der Waals surface area contributed by atoms with Crippen molar-refractivity contribution < 1.29 is 0 Å². The van der Waals surface area contributed by atoms with Gasteiger partial charge >= 0.3 is 0 Å². The first-order valence-electron chi connectivity index (χ1n) is 18.3. The predicted molar refractivity (Wildman–Crippen MR) is 217 cm³/mol. The van der Waals surface area contributed by atoms with Crippen LogP contribution in [0.15, 0.2) is 176 Å². The Morgan fingerprint density at radius 3 is 1.59 bits per heavy atom. The van der Waals surface area contributed by atoms with E-state index in [2.05, 4.69) is 132 Å². The number of aromatic nitrogens is 5. The monoisotopic (exact) mass is 687 g/mol. The molecule has 0 amide bonds. The Morgan fingerprint density at radius 1 is 0.444 bits per heavy atom. The van der Waals surface area contributed by atoms with Gasteiger partial charge in [-0.15, -0.1) is 0 Å². The van der Waals surface area contributed by atoms with E-state index in [1.165, 1.54) is 60.7 Å². The molecule has 5 nitrogen and oxygen atoms in total. The predicted octanol–water partition coefficient (Wildman–Crippen LogP) is 11.2. The van der Waals surface area contributed by atoms with Crippen LogP contribution in [0.25, 0.3) is 83.6 Å². The van der Waals surface area contributed by atoms with E-state index in [0.717, 1.165) is 27.5 Å².